The van der Waals surface area contributed by atoms with Gasteiger partial charge in [0.1, 0.15) is 0 Å². The molecule has 2 amide bonds. The number of nitrogens with one attached hydrogen (secondary N) is 2. The standard InChI is InChI=1S/C21H33N5O3/c1-13(2)23-20(28)9-18-21-14(8-19(27)24-15-4-5-15)10-26(17(21)12-29-18)11-16-6-7-22-25(16)3/h6-7,13-15,17-18,21H,4-5,8-12H2,1-3H3,(H,23,28)(H,24,27)/t14-,17-,18+,21-/m1/s1. The van der Waals surface area contributed by atoms with Gasteiger partial charge in [0.15, 0.2) is 0 Å². The van der Waals surface area contributed by atoms with Gasteiger partial charge < -0.3 is 15.4 Å². The molecule has 3 fully saturated rings. The minimum absolute atomic E-state index is 0.0249. The van der Waals surface area contributed by atoms with Crippen LogP contribution in [-0.4, -0.2) is 63.9 Å². The zero-order valence-corrected chi connectivity index (χ0v) is 17.6. The lowest BCUT2D eigenvalue weighted by atomic mass is 9.84. The number of carbonyl (C=O) groups excluding carboxylic acids is 2. The Balaban J connectivity index is 1.46. The summed E-state index contributed by atoms with van der Waals surface area (Å²) >= 11 is 0. The third-order valence-corrected chi connectivity index (χ3v) is 6.35. The zero-order chi connectivity index (χ0) is 20.5. The van der Waals surface area contributed by atoms with E-state index in [0.717, 1.165) is 31.6 Å². The maximum Gasteiger partial charge on any atom is 0.222 e. The minimum Gasteiger partial charge on any atom is -0.376 e. The molecule has 0 aromatic carbocycles. The highest BCUT2D eigenvalue weighted by Gasteiger charge is 2.51. The van der Waals surface area contributed by atoms with Crippen LogP contribution < -0.4 is 10.6 Å². The summed E-state index contributed by atoms with van der Waals surface area (Å²) in [5.41, 5.74) is 1.15. The van der Waals surface area contributed by atoms with E-state index in [1.54, 1.807) is 0 Å². The van der Waals surface area contributed by atoms with Crippen LogP contribution in [0.3, 0.4) is 0 Å². The zero-order valence-electron chi connectivity index (χ0n) is 17.6. The summed E-state index contributed by atoms with van der Waals surface area (Å²) in [6.45, 7) is 6.18. The maximum atomic E-state index is 12.5. The molecule has 0 bridgehead atoms. The molecule has 29 heavy (non-hydrogen) atoms. The van der Waals surface area contributed by atoms with E-state index in [9.17, 15) is 9.59 Å². The average Bonchev–Trinajstić information content (AvgIpc) is 3.06. The maximum absolute atomic E-state index is 12.5. The van der Waals surface area contributed by atoms with Crippen molar-refractivity contribution in [3.63, 3.8) is 0 Å². The van der Waals surface area contributed by atoms with E-state index >= 15 is 0 Å². The highest BCUT2D eigenvalue weighted by Crippen LogP contribution is 2.42. The summed E-state index contributed by atoms with van der Waals surface area (Å²) in [5.74, 6) is 0.560. The van der Waals surface area contributed by atoms with Crippen molar-refractivity contribution in [3.05, 3.63) is 18.0 Å². The monoisotopic (exact) mass is 403 g/mol. The van der Waals surface area contributed by atoms with E-state index in [-0.39, 0.29) is 41.8 Å². The lowest BCUT2D eigenvalue weighted by molar-refractivity contribution is -0.124. The van der Waals surface area contributed by atoms with Gasteiger partial charge >= 0.3 is 0 Å². The minimum atomic E-state index is -0.131. The molecule has 4 rings (SSSR count). The first-order valence-corrected chi connectivity index (χ1v) is 10.8. The molecule has 8 nitrogen and oxygen atoms in total. The Morgan fingerprint density at radius 1 is 1.28 bits per heavy atom. The number of nitrogens with zero attached hydrogens (tertiary/aromatic N) is 3. The van der Waals surface area contributed by atoms with Gasteiger partial charge in [-0.05, 0) is 38.7 Å². The van der Waals surface area contributed by atoms with Crippen LogP contribution in [0.5, 0.6) is 0 Å². The van der Waals surface area contributed by atoms with Crippen molar-refractivity contribution in [1.29, 1.82) is 0 Å². The Morgan fingerprint density at radius 3 is 2.72 bits per heavy atom. The molecular weight excluding hydrogens is 370 g/mol. The van der Waals surface area contributed by atoms with Gasteiger partial charge in [-0.15, -0.1) is 0 Å². The van der Waals surface area contributed by atoms with Gasteiger partial charge in [0.25, 0.3) is 0 Å². The lowest BCUT2D eigenvalue weighted by Gasteiger charge is -2.23. The molecule has 2 aliphatic heterocycles. The fraction of sp³-hybridized carbons (Fsp3) is 0.762. The number of amides is 2. The fourth-order valence-electron chi connectivity index (χ4n) is 4.88. The van der Waals surface area contributed by atoms with Crippen LogP contribution in [0.15, 0.2) is 12.3 Å². The number of ether oxygens (including phenoxy) is 1. The summed E-state index contributed by atoms with van der Waals surface area (Å²) in [7, 11) is 1.95. The van der Waals surface area contributed by atoms with Crippen molar-refractivity contribution >= 4 is 11.8 Å². The molecule has 2 saturated heterocycles. The highest BCUT2D eigenvalue weighted by molar-refractivity contribution is 5.77. The first kappa shape index (κ1) is 20.3. The Kier molecular flexibility index (Phi) is 5.92. The molecule has 1 aliphatic carbocycles. The number of hydrogen-bond acceptors (Lipinski definition) is 5. The van der Waals surface area contributed by atoms with Gasteiger partial charge in [-0.2, -0.15) is 5.10 Å². The van der Waals surface area contributed by atoms with E-state index in [2.05, 4.69) is 20.6 Å². The molecule has 1 aromatic rings. The third kappa shape index (κ3) is 4.80. The van der Waals surface area contributed by atoms with Crippen LogP contribution in [0, 0.1) is 11.8 Å². The van der Waals surface area contributed by atoms with Crippen LogP contribution in [-0.2, 0) is 27.9 Å². The Bertz CT molecular complexity index is 744. The van der Waals surface area contributed by atoms with Gasteiger partial charge in [0, 0.05) is 56.8 Å². The molecule has 0 spiro atoms. The number of rotatable bonds is 8. The van der Waals surface area contributed by atoms with Crippen molar-refractivity contribution in [2.24, 2.45) is 18.9 Å². The normalized spacial score (nSPS) is 29.2. The van der Waals surface area contributed by atoms with E-state index < -0.39 is 0 Å². The second kappa shape index (κ2) is 8.44. The van der Waals surface area contributed by atoms with E-state index in [1.807, 2.05) is 37.8 Å². The molecule has 0 unspecified atom stereocenters. The molecular formula is C21H33N5O3. The SMILES string of the molecule is CC(C)NC(=O)C[C@@H]1OC[C@@H]2[C@H]1[C@H](CC(=O)NC1CC1)CN2Cc1ccnn1C. The van der Waals surface area contributed by atoms with Crippen LogP contribution in [0.1, 0.15) is 45.2 Å². The van der Waals surface area contributed by atoms with Crippen molar-refractivity contribution in [2.45, 2.75) is 70.3 Å². The van der Waals surface area contributed by atoms with Crippen molar-refractivity contribution in [2.75, 3.05) is 13.2 Å². The van der Waals surface area contributed by atoms with Crippen LogP contribution >= 0.6 is 0 Å². The molecule has 1 saturated carbocycles. The smallest absolute Gasteiger partial charge is 0.222 e. The van der Waals surface area contributed by atoms with Gasteiger partial charge in [-0.25, -0.2) is 0 Å². The largest absolute Gasteiger partial charge is 0.376 e. The third-order valence-electron chi connectivity index (χ3n) is 6.35. The Labute approximate surface area is 172 Å². The molecule has 2 N–H and O–H groups in total. The van der Waals surface area contributed by atoms with E-state index in [4.69, 9.17) is 4.74 Å². The van der Waals surface area contributed by atoms with Gasteiger partial charge in [-0.1, -0.05) is 0 Å². The van der Waals surface area contributed by atoms with Crippen molar-refractivity contribution in [1.82, 2.24) is 25.3 Å². The predicted molar refractivity (Wildman–Crippen MR) is 108 cm³/mol. The number of aryl methyl sites for hydroxylation is 1. The number of fused-ring (bicyclic) bond motifs is 1. The molecule has 3 aliphatic rings. The molecule has 4 atom stereocenters. The lowest BCUT2D eigenvalue weighted by Crippen LogP contribution is -2.37. The molecule has 1 aromatic heterocycles. The van der Waals surface area contributed by atoms with Crippen molar-refractivity contribution in [3.8, 4) is 0 Å². The van der Waals surface area contributed by atoms with Crippen molar-refractivity contribution < 1.29 is 14.3 Å². The molecule has 8 heteroatoms. The number of hydrogen-bond donors (Lipinski definition) is 2. The van der Waals surface area contributed by atoms with E-state index in [1.165, 1.54) is 0 Å². The topological polar surface area (TPSA) is 88.5 Å². The fourth-order valence-corrected chi connectivity index (χ4v) is 4.88. The Morgan fingerprint density at radius 2 is 2.07 bits per heavy atom. The highest BCUT2D eigenvalue weighted by atomic mass is 16.5. The summed E-state index contributed by atoms with van der Waals surface area (Å²) in [4.78, 5) is 27.3. The van der Waals surface area contributed by atoms with E-state index in [0.29, 0.717) is 25.5 Å². The number of likely N-dealkylation sites (tertiary alicyclic amines) is 1. The first-order chi connectivity index (χ1) is 13.9. The van der Waals surface area contributed by atoms with Crippen LogP contribution in [0.4, 0.5) is 0 Å². The molecule has 160 valence electrons. The number of carbonyl (C=O) groups is 2. The van der Waals surface area contributed by atoms with Crippen LogP contribution in [0.25, 0.3) is 0 Å². The summed E-state index contributed by atoms with van der Waals surface area (Å²) < 4.78 is 7.99. The summed E-state index contributed by atoms with van der Waals surface area (Å²) in [5, 5.41) is 10.4. The molecule has 3 heterocycles. The average molecular weight is 404 g/mol. The van der Waals surface area contributed by atoms with Crippen LogP contribution in [0.2, 0.25) is 0 Å². The second-order valence-corrected chi connectivity index (χ2v) is 9.12. The van der Waals surface area contributed by atoms with Gasteiger partial charge in [0.2, 0.25) is 11.8 Å². The Hall–Kier alpha value is -1.93. The van der Waals surface area contributed by atoms with Gasteiger partial charge in [0.05, 0.1) is 24.8 Å². The summed E-state index contributed by atoms with van der Waals surface area (Å²) in [6.07, 6.45) is 4.74. The second-order valence-electron chi connectivity index (χ2n) is 9.12. The van der Waals surface area contributed by atoms with Gasteiger partial charge in [-0.3, -0.25) is 19.2 Å². The predicted octanol–water partition coefficient (Wildman–Crippen LogP) is 0.819. The number of aromatic nitrogens is 2. The molecule has 0 radical (unpaired) electrons. The summed E-state index contributed by atoms with van der Waals surface area (Å²) in [6, 6.07) is 2.76. The first-order valence-electron chi connectivity index (χ1n) is 10.8. The quantitative estimate of drug-likeness (QED) is 0.671.